The van der Waals surface area contributed by atoms with E-state index in [0.29, 0.717) is 0 Å². The maximum Gasteiger partial charge on any atom is 0.340 e. The minimum absolute atomic E-state index is 0.0350. The van der Waals surface area contributed by atoms with Gasteiger partial charge in [0.1, 0.15) is 19.3 Å². The van der Waals surface area contributed by atoms with Crippen LogP contribution < -0.4 is 0 Å². The lowest BCUT2D eigenvalue weighted by Gasteiger charge is -2.33. The van der Waals surface area contributed by atoms with Gasteiger partial charge in [0.2, 0.25) is 0 Å². The molecule has 1 unspecified atom stereocenters. The number of carbonyl (C=O) groups excluding carboxylic acids is 5. The van der Waals surface area contributed by atoms with Crippen LogP contribution in [0.2, 0.25) is 0 Å². The smallest absolute Gasteiger partial charge is 0.340 e. The molecule has 0 fully saturated rings. The van der Waals surface area contributed by atoms with Gasteiger partial charge in [-0.15, -0.1) is 0 Å². The van der Waals surface area contributed by atoms with E-state index < -0.39 is 67.5 Å². The third-order valence-electron chi connectivity index (χ3n) is 7.09. The fourth-order valence-electron chi connectivity index (χ4n) is 4.48. The topological polar surface area (TPSA) is 216 Å². The molecular formula is C36H29N5O11. The molecular weight excluding hydrogens is 678 g/mol. The Kier molecular flexibility index (Phi) is 12.7. The summed E-state index contributed by atoms with van der Waals surface area (Å²) in [6.07, 6.45) is 5.56. The summed E-state index contributed by atoms with van der Waals surface area (Å²) in [4.78, 5) is 85.3. The molecule has 0 aliphatic carbocycles. The van der Waals surface area contributed by atoms with Gasteiger partial charge < -0.3 is 28.8 Å². The molecule has 4 atom stereocenters. The molecule has 0 saturated carbocycles. The summed E-state index contributed by atoms with van der Waals surface area (Å²) in [5.41, 5.74) is -0.0688. The fourth-order valence-corrected chi connectivity index (χ4v) is 4.48. The standard InChI is InChI=1S/C36H29N5O11/c42-30(28(50-34(45)25-8-3-13-39-18-25)21-48-32(43)23-6-1-11-37-16-23)31(52-36(47)27-10-5-15-41-20-27)29(51-35(46)26-9-4-14-40-19-26)22-49-33(44)24-7-2-12-38-17-24/h1-20,28-31,42H,21-22H2/t28-,29?,30-,31-/m1/s1. The largest absolute Gasteiger partial charge is 0.458 e. The van der Waals surface area contributed by atoms with Gasteiger partial charge in [0.25, 0.3) is 0 Å². The third-order valence-corrected chi connectivity index (χ3v) is 7.09. The monoisotopic (exact) mass is 707 g/mol. The number of rotatable bonds is 15. The highest BCUT2D eigenvalue weighted by atomic mass is 16.6. The number of aromatic nitrogens is 5. The van der Waals surface area contributed by atoms with Gasteiger partial charge in [0.15, 0.2) is 18.3 Å². The van der Waals surface area contributed by atoms with E-state index in [-0.39, 0.29) is 27.8 Å². The van der Waals surface area contributed by atoms with E-state index >= 15 is 0 Å². The number of aliphatic hydroxyl groups is 1. The van der Waals surface area contributed by atoms with Gasteiger partial charge in [0, 0.05) is 62.0 Å². The van der Waals surface area contributed by atoms with E-state index in [2.05, 4.69) is 24.9 Å². The molecule has 52 heavy (non-hydrogen) atoms. The molecule has 0 bridgehead atoms. The molecule has 16 nitrogen and oxygen atoms in total. The molecule has 0 aromatic carbocycles. The Balaban J connectivity index is 1.51. The Morgan fingerprint density at radius 2 is 0.769 bits per heavy atom. The summed E-state index contributed by atoms with van der Waals surface area (Å²) < 4.78 is 27.8. The molecule has 0 amide bonds. The van der Waals surface area contributed by atoms with E-state index in [0.717, 1.165) is 0 Å². The van der Waals surface area contributed by atoms with Crippen molar-refractivity contribution >= 4 is 29.8 Å². The molecule has 1 N–H and O–H groups in total. The molecule has 0 radical (unpaired) electrons. The molecule has 0 aliphatic rings. The highest BCUT2D eigenvalue weighted by Crippen LogP contribution is 2.21. The van der Waals surface area contributed by atoms with E-state index in [4.69, 9.17) is 23.7 Å². The first kappa shape index (κ1) is 36.3. The highest BCUT2D eigenvalue weighted by molar-refractivity contribution is 5.91. The van der Waals surface area contributed by atoms with Crippen LogP contribution in [0.3, 0.4) is 0 Å². The zero-order valence-electron chi connectivity index (χ0n) is 27.0. The van der Waals surface area contributed by atoms with Crippen molar-refractivity contribution in [3.63, 3.8) is 0 Å². The van der Waals surface area contributed by atoms with Crippen LogP contribution in [0.4, 0.5) is 0 Å². The molecule has 5 heterocycles. The van der Waals surface area contributed by atoms with Gasteiger partial charge in [-0.05, 0) is 60.7 Å². The lowest BCUT2D eigenvalue weighted by molar-refractivity contribution is -0.135. The minimum atomic E-state index is -2.10. The summed E-state index contributed by atoms with van der Waals surface area (Å²) >= 11 is 0. The van der Waals surface area contributed by atoms with Crippen molar-refractivity contribution in [2.24, 2.45) is 0 Å². The second-order valence-electron chi connectivity index (χ2n) is 10.7. The summed E-state index contributed by atoms with van der Waals surface area (Å²) in [7, 11) is 0. The zero-order valence-corrected chi connectivity index (χ0v) is 27.0. The minimum Gasteiger partial charge on any atom is -0.458 e. The van der Waals surface area contributed by atoms with Crippen molar-refractivity contribution in [1.29, 1.82) is 0 Å². The molecule has 5 aromatic rings. The highest BCUT2D eigenvalue weighted by Gasteiger charge is 2.43. The predicted molar refractivity (Wildman–Crippen MR) is 175 cm³/mol. The van der Waals surface area contributed by atoms with Gasteiger partial charge in [-0.2, -0.15) is 0 Å². The lowest BCUT2D eigenvalue weighted by Crippen LogP contribution is -2.53. The van der Waals surface area contributed by atoms with Crippen LogP contribution in [0, 0.1) is 0 Å². The third kappa shape index (κ3) is 10.1. The normalized spacial score (nSPS) is 12.9. The van der Waals surface area contributed by atoms with Crippen LogP contribution in [0.1, 0.15) is 51.8 Å². The second-order valence-corrected chi connectivity index (χ2v) is 10.7. The number of aliphatic hydroxyl groups excluding tert-OH is 1. The maximum absolute atomic E-state index is 13.4. The van der Waals surface area contributed by atoms with Gasteiger partial charge in [-0.1, -0.05) is 0 Å². The summed E-state index contributed by atoms with van der Waals surface area (Å²) in [6.45, 7) is -1.58. The number of nitrogens with zero attached hydrogens (tertiary/aromatic N) is 5. The Labute approximate surface area is 295 Å². The first-order chi connectivity index (χ1) is 25.3. The number of ether oxygens (including phenoxy) is 5. The quantitative estimate of drug-likeness (QED) is 0.122. The van der Waals surface area contributed by atoms with Gasteiger partial charge in [-0.3, -0.25) is 24.9 Å². The first-order valence-electron chi connectivity index (χ1n) is 15.5. The van der Waals surface area contributed by atoms with Gasteiger partial charge >= 0.3 is 29.8 Å². The zero-order chi connectivity index (χ0) is 36.7. The number of esters is 5. The summed E-state index contributed by atoms with van der Waals surface area (Å²) in [6, 6.07) is 14.4. The van der Waals surface area contributed by atoms with E-state index in [1.807, 2.05) is 0 Å². The number of pyridine rings is 5. The van der Waals surface area contributed by atoms with Crippen LogP contribution in [-0.4, -0.2) is 97.5 Å². The molecule has 5 rings (SSSR count). The summed E-state index contributed by atoms with van der Waals surface area (Å²) in [5, 5.41) is 11.9. The van der Waals surface area contributed by atoms with Crippen LogP contribution in [0.5, 0.6) is 0 Å². The average Bonchev–Trinajstić information content (AvgIpc) is 3.21. The van der Waals surface area contributed by atoms with E-state index in [9.17, 15) is 29.1 Å². The average molecular weight is 708 g/mol. The Hall–Kier alpha value is -6.94. The van der Waals surface area contributed by atoms with Crippen molar-refractivity contribution in [2.45, 2.75) is 24.4 Å². The van der Waals surface area contributed by atoms with E-state index in [1.54, 1.807) is 0 Å². The number of hydrogen-bond donors (Lipinski definition) is 1. The van der Waals surface area contributed by atoms with Crippen molar-refractivity contribution < 1.29 is 52.8 Å². The Morgan fingerprint density at radius 1 is 0.462 bits per heavy atom. The molecule has 264 valence electrons. The number of hydrogen-bond acceptors (Lipinski definition) is 16. The first-order valence-corrected chi connectivity index (χ1v) is 15.5. The van der Waals surface area contributed by atoms with Crippen molar-refractivity contribution in [1.82, 2.24) is 24.9 Å². The van der Waals surface area contributed by atoms with Crippen molar-refractivity contribution in [2.75, 3.05) is 13.2 Å². The second kappa shape index (κ2) is 18.2. The van der Waals surface area contributed by atoms with Crippen LogP contribution >= 0.6 is 0 Å². The molecule has 5 aromatic heterocycles. The fraction of sp³-hybridized carbons (Fsp3) is 0.167. The van der Waals surface area contributed by atoms with Crippen molar-refractivity contribution in [3.8, 4) is 0 Å². The Morgan fingerprint density at radius 3 is 1.12 bits per heavy atom. The molecule has 0 spiro atoms. The number of carbonyl (C=O) groups is 5. The SMILES string of the molecule is O=C(OCC(OC(=O)c1cccnc1)[C@@H](OC(=O)c1cccnc1)[C@H](O)[C@@H](COC(=O)c1cccnc1)OC(=O)c1cccnc1)c1cccnc1. The Bertz CT molecular complexity index is 1940. The van der Waals surface area contributed by atoms with Crippen molar-refractivity contribution in [3.05, 3.63) is 150 Å². The van der Waals surface area contributed by atoms with Crippen LogP contribution in [-0.2, 0) is 23.7 Å². The lowest BCUT2D eigenvalue weighted by atomic mass is 10.0. The molecule has 0 saturated heterocycles. The van der Waals surface area contributed by atoms with Crippen LogP contribution in [0.15, 0.2) is 123 Å². The van der Waals surface area contributed by atoms with Gasteiger partial charge in [0.05, 0.1) is 27.8 Å². The summed E-state index contributed by atoms with van der Waals surface area (Å²) in [5.74, 6) is -4.84. The maximum atomic E-state index is 13.4. The van der Waals surface area contributed by atoms with Gasteiger partial charge in [-0.25, -0.2) is 24.0 Å². The predicted octanol–water partition coefficient (Wildman–Crippen LogP) is 2.71. The molecule has 0 aliphatic heterocycles. The van der Waals surface area contributed by atoms with Crippen LogP contribution in [0.25, 0.3) is 0 Å². The molecule has 16 heteroatoms. The van der Waals surface area contributed by atoms with E-state index in [1.165, 1.54) is 123 Å².